The molecule has 3 aromatic heterocycles. The van der Waals surface area contributed by atoms with E-state index in [4.69, 9.17) is 0 Å². The molecule has 1 aliphatic rings. The third-order valence-corrected chi connectivity index (χ3v) is 4.22. The molecule has 0 aliphatic carbocycles. The Morgan fingerprint density at radius 3 is 2.91 bits per heavy atom. The van der Waals surface area contributed by atoms with Gasteiger partial charge in [-0.3, -0.25) is 0 Å². The van der Waals surface area contributed by atoms with Crippen LogP contribution < -0.4 is 9.80 Å². The van der Waals surface area contributed by atoms with E-state index < -0.39 is 0 Å². The van der Waals surface area contributed by atoms with Crippen LogP contribution in [0.15, 0.2) is 42.9 Å². The van der Waals surface area contributed by atoms with E-state index >= 15 is 0 Å². The van der Waals surface area contributed by atoms with Gasteiger partial charge in [-0.05, 0) is 24.3 Å². The highest BCUT2D eigenvalue weighted by Crippen LogP contribution is 2.25. The van der Waals surface area contributed by atoms with Crippen molar-refractivity contribution in [2.24, 2.45) is 0 Å². The number of likely N-dealkylation sites (N-methyl/N-ethyl adjacent to an activating group) is 1. The molecule has 3 aromatic rings. The normalized spacial score (nSPS) is 14.5. The van der Waals surface area contributed by atoms with Gasteiger partial charge in [0, 0.05) is 38.7 Å². The Hall–Kier alpha value is -3.14. The first-order valence-electron chi connectivity index (χ1n) is 7.39. The summed E-state index contributed by atoms with van der Waals surface area (Å²) in [4.78, 5) is 12.8. The minimum Gasteiger partial charge on any atom is -0.352 e. The molecule has 23 heavy (non-hydrogen) atoms. The van der Waals surface area contributed by atoms with Crippen molar-refractivity contribution in [1.82, 2.24) is 19.6 Å². The summed E-state index contributed by atoms with van der Waals surface area (Å²) in [6.07, 6.45) is 5.30. The van der Waals surface area contributed by atoms with Crippen LogP contribution >= 0.6 is 0 Å². The fraction of sp³-hybridized carbons (Fsp3) is 0.250. The molecular weight excluding hydrogens is 290 g/mol. The summed E-state index contributed by atoms with van der Waals surface area (Å²) >= 11 is 0. The van der Waals surface area contributed by atoms with Crippen molar-refractivity contribution >= 4 is 17.3 Å². The lowest BCUT2D eigenvalue weighted by molar-refractivity contribution is 0.487. The standard InChI is InChI=1S/C16H15N7/c1-21(16-12(9-17)3-2-6-19-16)13-10-22(11-13)15-5-4-14-18-7-8-23(14)20-15/h2-8,13H,10-11H2,1H3. The predicted molar refractivity (Wildman–Crippen MR) is 86.3 cm³/mol. The molecule has 1 fully saturated rings. The summed E-state index contributed by atoms with van der Waals surface area (Å²) in [7, 11) is 1.98. The maximum atomic E-state index is 9.20. The predicted octanol–water partition coefficient (Wildman–Crippen LogP) is 1.32. The first-order valence-corrected chi connectivity index (χ1v) is 7.39. The van der Waals surface area contributed by atoms with E-state index in [1.165, 1.54) is 0 Å². The topological polar surface area (TPSA) is 73.4 Å². The molecule has 1 aliphatic heterocycles. The first-order chi connectivity index (χ1) is 11.3. The van der Waals surface area contributed by atoms with Crippen LogP contribution in [-0.2, 0) is 0 Å². The zero-order valence-corrected chi connectivity index (χ0v) is 12.7. The minimum absolute atomic E-state index is 0.317. The van der Waals surface area contributed by atoms with Gasteiger partial charge in [0.1, 0.15) is 17.7 Å². The van der Waals surface area contributed by atoms with Crippen molar-refractivity contribution in [2.45, 2.75) is 6.04 Å². The number of hydrogen-bond acceptors (Lipinski definition) is 6. The van der Waals surface area contributed by atoms with Crippen LogP contribution in [0.4, 0.5) is 11.6 Å². The summed E-state index contributed by atoms with van der Waals surface area (Å²) < 4.78 is 1.78. The summed E-state index contributed by atoms with van der Waals surface area (Å²) in [6, 6.07) is 10.0. The van der Waals surface area contributed by atoms with Gasteiger partial charge in [0.25, 0.3) is 0 Å². The Morgan fingerprint density at radius 1 is 1.22 bits per heavy atom. The van der Waals surface area contributed by atoms with E-state index in [-0.39, 0.29) is 0 Å². The fourth-order valence-corrected chi connectivity index (χ4v) is 2.80. The van der Waals surface area contributed by atoms with E-state index in [9.17, 15) is 5.26 Å². The molecule has 4 heterocycles. The van der Waals surface area contributed by atoms with Gasteiger partial charge in [-0.2, -0.15) is 5.26 Å². The average molecular weight is 305 g/mol. The van der Waals surface area contributed by atoms with Crippen molar-refractivity contribution in [3.63, 3.8) is 0 Å². The summed E-state index contributed by atoms with van der Waals surface area (Å²) in [6.45, 7) is 1.70. The van der Waals surface area contributed by atoms with Crippen LogP contribution in [0.3, 0.4) is 0 Å². The third kappa shape index (κ3) is 2.25. The van der Waals surface area contributed by atoms with Crippen molar-refractivity contribution in [2.75, 3.05) is 29.9 Å². The van der Waals surface area contributed by atoms with E-state index in [0.29, 0.717) is 11.6 Å². The molecule has 0 amide bonds. The summed E-state index contributed by atoms with van der Waals surface area (Å²) in [5.74, 6) is 1.67. The molecule has 7 nitrogen and oxygen atoms in total. The van der Waals surface area contributed by atoms with Gasteiger partial charge in [0.05, 0.1) is 11.6 Å². The number of imidazole rings is 1. The Balaban J connectivity index is 1.49. The molecule has 0 aromatic carbocycles. The molecule has 0 saturated carbocycles. The average Bonchev–Trinajstić information content (AvgIpc) is 3.01. The second-order valence-corrected chi connectivity index (χ2v) is 5.58. The number of aromatic nitrogens is 4. The monoisotopic (exact) mass is 305 g/mol. The van der Waals surface area contributed by atoms with Crippen LogP contribution in [0, 0.1) is 11.3 Å². The quantitative estimate of drug-likeness (QED) is 0.726. The van der Waals surface area contributed by atoms with E-state index in [1.807, 2.05) is 25.4 Å². The Morgan fingerprint density at radius 2 is 2.09 bits per heavy atom. The van der Waals surface area contributed by atoms with Gasteiger partial charge in [-0.15, -0.1) is 5.10 Å². The molecule has 0 bridgehead atoms. The summed E-state index contributed by atoms with van der Waals surface area (Å²) in [5.41, 5.74) is 1.45. The molecule has 0 spiro atoms. The highest BCUT2D eigenvalue weighted by molar-refractivity contribution is 5.56. The van der Waals surface area contributed by atoms with Crippen molar-refractivity contribution in [3.8, 4) is 6.07 Å². The molecule has 7 heteroatoms. The Bertz CT molecular complexity index is 889. The smallest absolute Gasteiger partial charge is 0.153 e. The van der Waals surface area contributed by atoms with Crippen molar-refractivity contribution in [3.05, 3.63) is 48.4 Å². The fourth-order valence-electron chi connectivity index (χ4n) is 2.80. The molecule has 4 rings (SSSR count). The van der Waals surface area contributed by atoms with Crippen LogP contribution in [0.2, 0.25) is 0 Å². The highest BCUT2D eigenvalue weighted by Gasteiger charge is 2.32. The number of nitrogens with zero attached hydrogens (tertiary/aromatic N) is 7. The molecule has 0 radical (unpaired) electrons. The van der Waals surface area contributed by atoms with Gasteiger partial charge in [-0.25, -0.2) is 14.5 Å². The number of hydrogen-bond donors (Lipinski definition) is 0. The first kappa shape index (κ1) is 13.5. The van der Waals surface area contributed by atoms with E-state index in [1.54, 1.807) is 29.0 Å². The zero-order chi connectivity index (χ0) is 15.8. The van der Waals surface area contributed by atoms with Crippen LogP contribution in [0.25, 0.3) is 5.65 Å². The van der Waals surface area contributed by atoms with Crippen LogP contribution in [-0.4, -0.2) is 45.8 Å². The second kappa shape index (κ2) is 5.25. The molecular formula is C16H15N7. The zero-order valence-electron chi connectivity index (χ0n) is 12.7. The van der Waals surface area contributed by atoms with Gasteiger partial charge >= 0.3 is 0 Å². The van der Waals surface area contributed by atoms with Gasteiger partial charge in [0.15, 0.2) is 5.65 Å². The lowest BCUT2D eigenvalue weighted by Crippen LogP contribution is -2.59. The van der Waals surface area contributed by atoms with E-state index in [0.717, 1.165) is 30.4 Å². The Labute approximate surface area is 133 Å². The Kier molecular flexibility index (Phi) is 3.08. The number of pyridine rings is 1. The second-order valence-electron chi connectivity index (χ2n) is 5.58. The highest BCUT2D eigenvalue weighted by atomic mass is 15.4. The molecule has 1 saturated heterocycles. The third-order valence-electron chi connectivity index (χ3n) is 4.22. The lowest BCUT2D eigenvalue weighted by Gasteiger charge is -2.45. The maximum absolute atomic E-state index is 9.20. The molecule has 114 valence electrons. The number of rotatable bonds is 3. The largest absolute Gasteiger partial charge is 0.352 e. The minimum atomic E-state index is 0.317. The maximum Gasteiger partial charge on any atom is 0.153 e. The molecule has 0 unspecified atom stereocenters. The van der Waals surface area contributed by atoms with Crippen molar-refractivity contribution in [1.29, 1.82) is 5.26 Å². The molecule has 0 N–H and O–H groups in total. The number of fused-ring (bicyclic) bond motifs is 1. The number of anilines is 2. The molecule has 0 atom stereocenters. The van der Waals surface area contributed by atoms with E-state index in [2.05, 4.69) is 30.9 Å². The van der Waals surface area contributed by atoms with Crippen LogP contribution in [0.5, 0.6) is 0 Å². The number of nitriles is 1. The van der Waals surface area contributed by atoms with Crippen LogP contribution in [0.1, 0.15) is 5.56 Å². The lowest BCUT2D eigenvalue weighted by atomic mass is 10.1. The van der Waals surface area contributed by atoms with Crippen molar-refractivity contribution < 1.29 is 0 Å². The van der Waals surface area contributed by atoms with Gasteiger partial charge in [0.2, 0.25) is 0 Å². The van der Waals surface area contributed by atoms with Gasteiger partial charge < -0.3 is 9.80 Å². The SMILES string of the molecule is CN(c1ncccc1C#N)C1CN(c2ccc3nccn3n2)C1. The summed E-state index contributed by atoms with van der Waals surface area (Å²) in [5, 5.41) is 13.8. The van der Waals surface area contributed by atoms with Gasteiger partial charge in [-0.1, -0.05) is 0 Å².